The van der Waals surface area contributed by atoms with Crippen molar-refractivity contribution in [2.75, 3.05) is 15.8 Å². The van der Waals surface area contributed by atoms with E-state index in [0.717, 1.165) is 4.90 Å². The molecule has 130 valence electrons. The summed E-state index contributed by atoms with van der Waals surface area (Å²) in [5.41, 5.74) is 1.22. The smallest absolute Gasteiger partial charge is 0.261 e. The monoisotopic (exact) mass is 376 g/mol. The Bertz CT molecular complexity index is 955. The molecule has 0 atom stereocenters. The van der Waals surface area contributed by atoms with Gasteiger partial charge < -0.3 is 5.32 Å². The van der Waals surface area contributed by atoms with E-state index >= 15 is 0 Å². The quantitative estimate of drug-likeness (QED) is 0.800. The van der Waals surface area contributed by atoms with Gasteiger partial charge in [-0.05, 0) is 37.3 Å². The highest BCUT2D eigenvalue weighted by molar-refractivity contribution is 7.99. The first-order valence-electron chi connectivity index (χ1n) is 7.56. The van der Waals surface area contributed by atoms with Crippen LogP contribution < -0.4 is 10.0 Å². The molecule has 2 N–H and O–H groups in total. The van der Waals surface area contributed by atoms with E-state index in [1.165, 1.54) is 36.9 Å². The highest BCUT2D eigenvalue weighted by Gasteiger charge is 2.19. The number of Topliss-reactive ketones (excluding diaryl/α,β-unsaturated/α-hetero) is 1. The zero-order valence-corrected chi connectivity index (χ0v) is 15.0. The molecule has 1 amide bonds. The minimum Gasteiger partial charge on any atom is -0.325 e. The van der Waals surface area contributed by atoms with Crippen molar-refractivity contribution in [1.29, 1.82) is 0 Å². The first-order chi connectivity index (χ1) is 11.8. The number of hydrogen-bond acceptors (Lipinski definition) is 5. The summed E-state index contributed by atoms with van der Waals surface area (Å²) in [5, 5.41) is 2.73. The number of carbonyl (C=O) groups is 2. The van der Waals surface area contributed by atoms with Gasteiger partial charge in [0.1, 0.15) is 0 Å². The van der Waals surface area contributed by atoms with Gasteiger partial charge in [0.15, 0.2) is 5.78 Å². The molecule has 2 aromatic rings. The van der Waals surface area contributed by atoms with Crippen LogP contribution in [-0.4, -0.2) is 25.9 Å². The van der Waals surface area contributed by atoms with Crippen molar-refractivity contribution >= 4 is 44.9 Å². The third kappa shape index (κ3) is 4.02. The molecule has 0 fully saturated rings. The molecule has 1 aliphatic heterocycles. The fourth-order valence-corrected chi connectivity index (χ4v) is 4.39. The fourth-order valence-electron chi connectivity index (χ4n) is 2.38. The average molecular weight is 376 g/mol. The number of sulfonamides is 1. The molecule has 1 aliphatic rings. The SMILES string of the molecule is CC(=O)c1cccc(NS(=O)(=O)c2ccc3c(c2)NC(=O)CCS3)c1. The normalized spacial score (nSPS) is 14.2. The molecule has 0 spiro atoms. The van der Waals surface area contributed by atoms with E-state index in [1.54, 1.807) is 24.3 Å². The Labute approximate surface area is 150 Å². The Kier molecular flexibility index (Phi) is 4.82. The Hall–Kier alpha value is -2.32. The van der Waals surface area contributed by atoms with Gasteiger partial charge in [-0.2, -0.15) is 0 Å². The first-order valence-corrected chi connectivity index (χ1v) is 10.0. The minimum absolute atomic E-state index is 0.0438. The van der Waals surface area contributed by atoms with Crippen molar-refractivity contribution in [3.8, 4) is 0 Å². The largest absolute Gasteiger partial charge is 0.325 e. The molecule has 0 aliphatic carbocycles. The fraction of sp³-hybridized carbons (Fsp3) is 0.176. The second-order valence-electron chi connectivity index (χ2n) is 5.55. The summed E-state index contributed by atoms with van der Waals surface area (Å²) in [6.07, 6.45) is 0.386. The predicted molar refractivity (Wildman–Crippen MR) is 97.7 cm³/mol. The molecule has 8 heteroatoms. The lowest BCUT2D eigenvalue weighted by molar-refractivity contribution is -0.115. The van der Waals surface area contributed by atoms with Gasteiger partial charge >= 0.3 is 0 Å². The van der Waals surface area contributed by atoms with E-state index in [2.05, 4.69) is 10.0 Å². The number of rotatable bonds is 4. The molecule has 0 radical (unpaired) electrons. The summed E-state index contributed by atoms with van der Waals surface area (Å²) in [6.45, 7) is 1.42. The Morgan fingerprint density at radius 1 is 1.20 bits per heavy atom. The van der Waals surface area contributed by atoms with E-state index in [0.29, 0.717) is 29.1 Å². The molecule has 0 saturated heterocycles. The van der Waals surface area contributed by atoms with E-state index in [9.17, 15) is 18.0 Å². The van der Waals surface area contributed by atoms with Crippen LogP contribution in [0, 0.1) is 0 Å². The van der Waals surface area contributed by atoms with Gasteiger partial charge in [-0.15, -0.1) is 11.8 Å². The lowest BCUT2D eigenvalue weighted by Gasteiger charge is -2.12. The Balaban J connectivity index is 1.91. The molecule has 3 rings (SSSR count). The number of hydrogen-bond donors (Lipinski definition) is 2. The number of ketones is 1. The van der Waals surface area contributed by atoms with Gasteiger partial charge in [0.2, 0.25) is 5.91 Å². The van der Waals surface area contributed by atoms with Crippen molar-refractivity contribution in [2.45, 2.75) is 23.1 Å². The molecular formula is C17H16N2O4S2. The highest BCUT2D eigenvalue weighted by Crippen LogP contribution is 2.33. The predicted octanol–water partition coefficient (Wildman–Crippen LogP) is 3.12. The van der Waals surface area contributed by atoms with Crippen molar-refractivity contribution in [2.24, 2.45) is 0 Å². The van der Waals surface area contributed by atoms with E-state index in [4.69, 9.17) is 0 Å². The zero-order chi connectivity index (χ0) is 18.0. The first kappa shape index (κ1) is 17.5. The van der Waals surface area contributed by atoms with E-state index < -0.39 is 10.0 Å². The third-order valence-corrected chi connectivity index (χ3v) is 6.10. The van der Waals surface area contributed by atoms with Gasteiger partial charge in [-0.25, -0.2) is 8.42 Å². The van der Waals surface area contributed by atoms with Gasteiger partial charge in [-0.1, -0.05) is 12.1 Å². The van der Waals surface area contributed by atoms with Gasteiger partial charge in [-0.3, -0.25) is 14.3 Å². The van der Waals surface area contributed by atoms with Crippen LogP contribution in [0.1, 0.15) is 23.7 Å². The molecule has 0 bridgehead atoms. The van der Waals surface area contributed by atoms with Crippen molar-refractivity contribution in [1.82, 2.24) is 0 Å². The third-order valence-electron chi connectivity index (χ3n) is 3.64. The van der Waals surface area contributed by atoms with Crippen molar-refractivity contribution in [3.63, 3.8) is 0 Å². The van der Waals surface area contributed by atoms with E-state index in [1.807, 2.05) is 0 Å². The van der Waals surface area contributed by atoms with Crippen LogP contribution in [0.15, 0.2) is 52.3 Å². The molecule has 0 unspecified atom stereocenters. The number of thioether (sulfide) groups is 1. The minimum atomic E-state index is -3.84. The number of carbonyl (C=O) groups excluding carboxylic acids is 2. The zero-order valence-electron chi connectivity index (χ0n) is 13.4. The van der Waals surface area contributed by atoms with E-state index in [-0.39, 0.29) is 16.6 Å². The maximum absolute atomic E-state index is 12.6. The van der Waals surface area contributed by atoms with Gasteiger partial charge in [0.05, 0.1) is 10.6 Å². The lowest BCUT2D eigenvalue weighted by atomic mass is 10.1. The second-order valence-corrected chi connectivity index (χ2v) is 8.37. The number of fused-ring (bicyclic) bond motifs is 1. The van der Waals surface area contributed by atoms with Crippen molar-refractivity contribution < 1.29 is 18.0 Å². The molecular weight excluding hydrogens is 360 g/mol. The van der Waals surface area contributed by atoms with Crippen LogP contribution in [0.5, 0.6) is 0 Å². The van der Waals surface area contributed by atoms with Crippen LogP contribution in [0.25, 0.3) is 0 Å². The number of amides is 1. The van der Waals surface area contributed by atoms with Crippen LogP contribution in [0.3, 0.4) is 0 Å². The maximum atomic E-state index is 12.6. The van der Waals surface area contributed by atoms with Crippen LogP contribution in [-0.2, 0) is 14.8 Å². The Morgan fingerprint density at radius 2 is 2.00 bits per heavy atom. The number of anilines is 2. The molecule has 1 heterocycles. The van der Waals surface area contributed by atoms with Crippen molar-refractivity contribution in [3.05, 3.63) is 48.0 Å². The highest BCUT2D eigenvalue weighted by atomic mass is 32.2. The summed E-state index contributed by atoms with van der Waals surface area (Å²) in [7, 11) is -3.84. The standard InChI is InChI=1S/C17H16N2O4S2/c1-11(20)12-3-2-4-13(9-12)19-25(22,23)14-5-6-16-15(10-14)18-17(21)7-8-24-16/h2-6,9-10,19H,7-8H2,1H3,(H,18,21). The summed E-state index contributed by atoms with van der Waals surface area (Å²) < 4.78 is 27.7. The second kappa shape index (κ2) is 6.89. The molecule has 0 aromatic heterocycles. The molecule has 25 heavy (non-hydrogen) atoms. The number of nitrogens with one attached hydrogen (secondary N) is 2. The summed E-state index contributed by atoms with van der Waals surface area (Å²) in [4.78, 5) is 24.0. The summed E-state index contributed by atoms with van der Waals surface area (Å²) in [5.74, 6) is 0.370. The van der Waals surface area contributed by atoms with Crippen LogP contribution in [0.4, 0.5) is 11.4 Å². The van der Waals surface area contributed by atoms with Gasteiger partial charge in [0.25, 0.3) is 10.0 Å². The molecule has 0 saturated carbocycles. The summed E-state index contributed by atoms with van der Waals surface area (Å²) in [6, 6.07) is 10.9. The molecule has 2 aromatic carbocycles. The topological polar surface area (TPSA) is 92.3 Å². The number of benzene rings is 2. The van der Waals surface area contributed by atoms with Crippen LogP contribution >= 0.6 is 11.8 Å². The molecule has 6 nitrogen and oxygen atoms in total. The lowest BCUT2D eigenvalue weighted by Crippen LogP contribution is -2.15. The van der Waals surface area contributed by atoms with Crippen LogP contribution in [0.2, 0.25) is 0 Å². The maximum Gasteiger partial charge on any atom is 0.261 e. The average Bonchev–Trinajstić information content (AvgIpc) is 2.74. The Morgan fingerprint density at radius 3 is 2.76 bits per heavy atom. The summed E-state index contributed by atoms with van der Waals surface area (Å²) >= 11 is 1.51. The van der Waals surface area contributed by atoms with Gasteiger partial charge in [0, 0.05) is 28.3 Å².